The zero-order chi connectivity index (χ0) is 12.4. The highest BCUT2D eigenvalue weighted by Gasteiger charge is 2.14. The first-order chi connectivity index (χ1) is 8.84. The molecule has 18 heavy (non-hydrogen) atoms. The van der Waals surface area contributed by atoms with E-state index in [2.05, 4.69) is 10.4 Å². The Kier molecular flexibility index (Phi) is 3.11. The minimum atomic E-state index is 0.0143. The van der Waals surface area contributed by atoms with Gasteiger partial charge in [-0.05, 0) is 25.5 Å². The van der Waals surface area contributed by atoms with Gasteiger partial charge in [0.1, 0.15) is 0 Å². The molecule has 2 aromatic rings. The molecule has 0 radical (unpaired) electrons. The average molecular weight is 243 g/mol. The Balaban J connectivity index is 1.92. The van der Waals surface area contributed by atoms with E-state index < -0.39 is 0 Å². The second-order valence-corrected chi connectivity index (χ2v) is 4.87. The van der Waals surface area contributed by atoms with Crippen LogP contribution in [0.4, 0.5) is 0 Å². The lowest BCUT2D eigenvalue weighted by molar-refractivity contribution is 0.346. The summed E-state index contributed by atoms with van der Waals surface area (Å²) in [5.74, 6) is 0. The predicted octanol–water partition coefficient (Wildman–Crippen LogP) is 1.54. The van der Waals surface area contributed by atoms with Crippen LogP contribution >= 0.6 is 0 Å². The van der Waals surface area contributed by atoms with Crippen molar-refractivity contribution in [2.24, 2.45) is 0 Å². The van der Waals surface area contributed by atoms with Crippen LogP contribution < -0.4 is 10.9 Å². The third-order valence-electron chi connectivity index (χ3n) is 3.57. The van der Waals surface area contributed by atoms with E-state index in [0.29, 0.717) is 12.6 Å². The van der Waals surface area contributed by atoms with Crippen molar-refractivity contribution in [3.63, 3.8) is 0 Å². The van der Waals surface area contributed by atoms with Gasteiger partial charge in [-0.1, -0.05) is 24.6 Å². The number of hydrogen-bond acceptors (Lipinski definition) is 3. The number of hydrogen-bond donors (Lipinski definition) is 1. The summed E-state index contributed by atoms with van der Waals surface area (Å²) in [7, 11) is 0. The van der Waals surface area contributed by atoms with E-state index in [9.17, 15) is 4.79 Å². The maximum atomic E-state index is 12.3. The highest BCUT2D eigenvalue weighted by molar-refractivity contribution is 5.80. The summed E-state index contributed by atoms with van der Waals surface area (Å²) in [5.41, 5.74) is 0.0143. The summed E-state index contributed by atoms with van der Waals surface area (Å²) < 4.78 is 1.59. The number of benzene rings is 1. The Morgan fingerprint density at radius 2 is 2.22 bits per heavy atom. The fourth-order valence-electron chi connectivity index (χ4n) is 2.55. The van der Waals surface area contributed by atoms with Crippen molar-refractivity contribution in [1.29, 1.82) is 0 Å². The molecule has 1 aliphatic rings. The van der Waals surface area contributed by atoms with Gasteiger partial charge in [0.05, 0.1) is 18.1 Å². The molecule has 2 heterocycles. The SMILES string of the molecule is O=c1c2ccccc2cnn1C[C@H]1CCCCN1. The van der Waals surface area contributed by atoms with E-state index in [0.717, 1.165) is 23.7 Å². The van der Waals surface area contributed by atoms with Gasteiger partial charge in [0.15, 0.2) is 0 Å². The van der Waals surface area contributed by atoms with Crippen LogP contribution in [0.25, 0.3) is 10.8 Å². The third-order valence-corrected chi connectivity index (χ3v) is 3.57. The number of nitrogens with one attached hydrogen (secondary N) is 1. The number of fused-ring (bicyclic) bond motifs is 1. The quantitative estimate of drug-likeness (QED) is 0.870. The van der Waals surface area contributed by atoms with Gasteiger partial charge in [0.25, 0.3) is 5.56 Å². The van der Waals surface area contributed by atoms with Crippen molar-refractivity contribution < 1.29 is 0 Å². The van der Waals surface area contributed by atoms with Crippen LogP contribution in [0.2, 0.25) is 0 Å². The molecular weight excluding hydrogens is 226 g/mol. The Labute approximate surface area is 106 Å². The first kappa shape index (κ1) is 11.4. The molecule has 1 aromatic heterocycles. The predicted molar refractivity (Wildman–Crippen MR) is 71.6 cm³/mol. The lowest BCUT2D eigenvalue weighted by Crippen LogP contribution is -2.40. The van der Waals surface area contributed by atoms with Gasteiger partial charge in [-0.2, -0.15) is 5.10 Å². The third kappa shape index (κ3) is 2.16. The first-order valence-corrected chi connectivity index (χ1v) is 6.53. The molecule has 4 heteroatoms. The van der Waals surface area contributed by atoms with Crippen molar-refractivity contribution in [2.75, 3.05) is 6.54 Å². The van der Waals surface area contributed by atoms with Crippen molar-refractivity contribution >= 4 is 10.8 Å². The lowest BCUT2D eigenvalue weighted by atomic mass is 10.1. The topological polar surface area (TPSA) is 46.9 Å². The molecule has 0 spiro atoms. The van der Waals surface area contributed by atoms with E-state index in [1.54, 1.807) is 10.9 Å². The molecule has 1 saturated heterocycles. The van der Waals surface area contributed by atoms with Crippen LogP contribution in [0.5, 0.6) is 0 Å². The molecule has 0 unspecified atom stereocenters. The van der Waals surface area contributed by atoms with Gasteiger partial charge >= 0.3 is 0 Å². The molecule has 0 saturated carbocycles. The maximum Gasteiger partial charge on any atom is 0.274 e. The van der Waals surface area contributed by atoms with E-state index in [1.165, 1.54) is 12.8 Å². The molecule has 1 aliphatic heterocycles. The number of piperidine rings is 1. The van der Waals surface area contributed by atoms with E-state index in [1.807, 2.05) is 24.3 Å². The van der Waals surface area contributed by atoms with Crippen LogP contribution in [0.3, 0.4) is 0 Å². The van der Waals surface area contributed by atoms with Crippen molar-refractivity contribution in [3.8, 4) is 0 Å². The van der Waals surface area contributed by atoms with Crippen molar-refractivity contribution in [3.05, 3.63) is 40.8 Å². The fourth-order valence-corrected chi connectivity index (χ4v) is 2.55. The number of rotatable bonds is 2. The molecular formula is C14H17N3O. The monoisotopic (exact) mass is 243 g/mol. The Hall–Kier alpha value is -1.68. The molecule has 1 fully saturated rings. The summed E-state index contributed by atoms with van der Waals surface area (Å²) in [6, 6.07) is 7.99. The zero-order valence-electron chi connectivity index (χ0n) is 10.3. The molecule has 3 rings (SSSR count). The van der Waals surface area contributed by atoms with Crippen molar-refractivity contribution in [2.45, 2.75) is 31.8 Å². The van der Waals surface area contributed by atoms with Crippen molar-refractivity contribution in [1.82, 2.24) is 15.1 Å². The molecule has 0 aliphatic carbocycles. The number of aromatic nitrogens is 2. The molecule has 1 aromatic carbocycles. The minimum Gasteiger partial charge on any atom is -0.312 e. The molecule has 1 N–H and O–H groups in total. The second kappa shape index (κ2) is 4.90. The summed E-state index contributed by atoms with van der Waals surface area (Å²) in [5, 5.41) is 9.37. The summed E-state index contributed by atoms with van der Waals surface area (Å²) in [6.07, 6.45) is 5.37. The smallest absolute Gasteiger partial charge is 0.274 e. The Bertz CT molecular complexity index is 599. The summed E-state index contributed by atoms with van der Waals surface area (Å²) >= 11 is 0. The minimum absolute atomic E-state index is 0.0143. The van der Waals surface area contributed by atoms with E-state index in [-0.39, 0.29) is 5.56 Å². The molecule has 0 bridgehead atoms. The average Bonchev–Trinajstić information content (AvgIpc) is 2.43. The largest absolute Gasteiger partial charge is 0.312 e. The standard InChI is InChI=1S/C14H17N3O/c18-14-13-7-2-1-5-11(13)9-16-17(14)10-12-6-3-4-8-15-12/h1-2,5,7,9,12,15H,3-4,6,8,10H2/t12-/m1/s1. The molecule has 4 nitrogen and oxygen atoms in total. The van der Waals surface area contributed by atoms with Gasteiger partial charge < -0.3 is 5.32 Å². The first-order valence-electron chi connectivity index (χ1n) is 6.53. The second-order valence-electron chi connectivity index (χ2n) is 4.87. The van der Waals surface area contributed by atoms with Gasteiger partial charge in [0.2, 0.25) is 0 Å². The Morgan fingerprint density at radius 1 is 1.33 bits per heavy atom. The normalized spacial score (nSPS) is 20.1. The zero-order valence-corrected chi connectivity index (χ0v) is 10.3. The molecule has 0 amide bonds. The lowest BCUT2D eigenvalue weighted by Gasteiger charge is -2.23. The summed E-state index contributed by atoms with van der Waals surface area (Å²) in [6.45, 7) is 1.72. The van der Waals surface area contributed by atoms with Crippen LogP contribution in [0, 0.1) is 0 Å². The summed E-state index contributed by atoms with van der Waals surface area (Å²) in [4.78, 5) is 12.3. The molecule has 1 atom stereocenters. The van der Waals surface area contributed by atoms with Gasteiger partial charge in [0, 0.05) is 11.4 Å². The highest BCUT2D eigenvalue weighted by Crippen LogP contribution is 2.10. The number of nitrogens with zero attached hydrogens (tertiary/aromatic N) is 2. The molecule has 94 valence electrons. The van der Waals surface area contributed by atoms with Crippen LogP contribution in [0.1, 0.15) is 19.3 Å². The highest BCUT2D eigenvalue weighted by atomic mass is 16.1. The maximum absolute atomic E-state index is 12.3. The van der Waals surface area contributed by atoms with Crippen LogP contribution in [0.15, 0.2) is 35.3 Å². The van der Waals surface area contributed by atoms with E-state index in [4.69, 9.17) is 0 Å². The van der Waals surface area contributed by atoms with Gasteiger partial charge in [-0.25, -0.2) is 4.68 Å². The van der Waals surface area contributed by atoms with Crippen LogP contribution in [-0.4, -0.2) is 22.4 Å². The Morgan fingerprint density at radius 3 is 3.06 bits per heavy atom. The van der Waals surface area contributed by atoms with E-state index >= 15 is 0 Å². The van der Waals surface area contributed by atoms with Gasteiger partial charge in [-0.3, -0.25) is 4.79 Å². The van der Waals surface area contributed by atoms with Crippen LogP contribution in [-0.2, 0) is 6.54 Å². The fraction of sp³-hybridized carbons (Fsp3) is 0.429. The van der Waals surface area contributed by atoms with Gasteiger partial charge in [-0.15, -0.1) is 0 Å².